The van der Waals surface area contributed by atoms with Crippen LogP contribution >= 0.6 is 27.5 Å². The Balaban J connectivity index is 1.63. The Morgan fingerprint density at radius 3 is 2.55 bits per heavy atom. The summed E-state index contributed by atoms with van der Waals surface area (Å²) in [5.41, 5.74) is 13.4. The SMILES string of the molecule is Cc1cc(C)c(C2C(C#N)=C(N)N(c3ccc(Cl)cc3)C3=C2C(=O)CCC3)cc1COc1ccccc1Br. The Kier molecular flexibility index (Phi) is 7.34. The third-order valence-corrected chi connectivity index (χ3v) is 8.16. The highest BCUT2D eigenvalue weighted by Gasteiger charge is 2.41. The third-order valence-electron chi connectivity index (χ3n) is 7.25. The summed E-state index contributed by atoms with van der Waals surface area (Å²) < 4.78 is 7.01. The molecule has 1 aliphatic heterocycles. The number of anilines is 1. The highest BCUT2D eigenvalue weighted by molar-refractivity contribution is 9.10. The first-order valence-corrected chi connectivity index (χ1v) is 13.7. The van der Waals surface area contributed by atoms with E-state index in [2.05, 4.69) is 34.1 Å². The Labute approximate surface area is 236 Å². The number of rotatable bonds is 5. The van der Waals surface area contributed by atoms with Crippen LogP contribution in [0.25, 0.3) is 0 Å². The van der Waals surface area contributed by atoms with Crippen molar-refractivity contribution in [2.75, 3.05) is 4.90 Å². The van der Waals surface area contributed by atoms with Gasteiger partial charge >= 0.3 is 0 Å². The van der Waals surface area contributed by atoms with Gasteiger partial charge in [0, 0.05) is 28.4 Å². The molecule has 0 amide bonds. The van der Waals surface area contributed by atoms with E-state index in [4.69, 9.17) is 22.1 Å². The van der Waals surface area contributed by atoms with E-state index in [-0.39, 0.29) is 5.78 Å². The second-order valence-corrected chi connectivity index (χ2v) is 10.9. The molecule has 0 radical (unpaired) electrons. The summed E-state index contributed by atoms with van der Waals surface area (Å²) in [5.74, 6) is 0.620. The fourth-order valence-electron chi connectivity index (χ4n) is 5.38. The highest BCUT2D eigenvalue weighted by Crippen LogP contribution is 2.47. The molecule has 5 rings (SSSR count). The number of ketones is 1. The van der Waals surface area contributed by atoms with E-state index in [1.54, 1.807) is 12.1 Å². The summed E-state index contributed by atoms with van der Waals surface area (Å²) in [6.07, 6.45) is 1.88. The maximum Gasteiger partial charge on any atom is 0.161 e. The molecular formula is C31H27BrClN3O2. The fraction of sp³-hybridized carbons (Fsp3) is 0.226. The Bertz CT molecular complexity index is 1540. The van der Waals surface area contributed by atoms with Gasteiger partial charge in [-0.25, -0.2) is 0 Å². The fourth-order valence-corrected chi connectivity index (χ4v) is 5.91. The quantitative estimate of drug-likeness (QED) is 0.332. The zero-order chi connectivity index (χ0) is 27.0. The lowest BCUT2D eigenvalue weighted by Gasteiger charge is -2.40. The molecule has 1 heterocycles. The second kappa shape index (κ2) is 10.7. The van der Waals surface area contributed by atoms with E-state index in [0.717, 1.165) is 50.3 Å². The van der Waals surface area contributed by atoms with Crippen molar-refractivity contribution in [3.8, 4) is 11.8 Å². The number of nitrogens with zero attached hydrogens (tertiary/aromatic N) is 2. The van der Waals surface area contributed by atoms with E-state index in [0.29, 0.717) is 41.4 Å². The number of aryl methyl sites for hydroxylation is 2. The number of halogens is 2. The number of Topliss-reactive ketones (excluding diaryl/α,β-unsaturated/α-hetero) is 1. The number of hydrogen-bond donors (Lipinski definition) is 1. The lowest BCUT2D eigenvalue weighted by Crippen LogP contribution is -2.38. The molecule has 0 fully saturated rings. The van der Waals surface area contributed by atoms with E-state index in [1.807, 2.05) is 55.1 Å². The first-order valence-electron chi connectivity index (χ1n) is 12.5. The van der Waals surface area contributed by atoms with E-state index >= 15 is 0 Å². The van der Waals surface area contributed by atoms with Crippen molar-refractivity contribution < 1.29 is 9.53 Å². The van der Waals surface area contributed by atoms with Gasteiger partial charge in [-0.05, 0) is 101 Å². The number of hydrogen-bond acceptors (Lipinski definition) is 5. The average molecular weight is 589 g/mol. The van der Waals surface area contributed by atoms with Crippen molar-refractivity contribution in [1.29, 1.82) is 5.26 Å². The van der Waals surface area contributed by atoms with Gasteiger partial charge in [0.15, 0.2) is 5.78 Å². The molecule has 192 valence electrons. The molecule has 1 aliphatic carbocycles. The van der Waals surface area contributed by atoms with Gasteiger partial charge in [0.25, 0.3) is 0 Å². The Morgan fingerprint density at radius 2 is 1.84 bits per heavy atom. The standard InChI is InChI=1S/C31H27BrClN3O2/c1-18-14-19(2)23(15-20(18)17-38-28-9-4-3-6-25(28)32)29-24(16-34)31(35)36(22-12-10-21(33)11-13-22)26-7-5-8-27(37)30(26)29/h3-4,6,9-15,29H,5,7-8,17,35H2,1-2H3. The number of nitriles is 1. The van der Waals surface area contributed by atoms with Crippen LogP contribution in [0, 0.1) is 25.2 Å². The van der Waals surface area contributed by atoms with Crippen molar-refractivity contribution in [2.24, 2.45) is 5.73 Å². The molecule has 3 aromatic carbocycles. The normalized spacial score (nSPS) is 17.4. The first-order chi connectivity index (χ1) is 18.3. The van der Waals surface area contributed by atoms with Crippen LogP contribution < -0.4 is 15.4 Å². The lowest BCUT2D eigenvalue weighted by molar-refractivity contribution is -0.116. The largest absolute Gasteiger partial charge is 0.488 e. The van der Waals surface area contributed by atoms with Crippen LogP contribution in [-0.2, 0) is 11.4 Å². The van der Waals surface area contributed by atoms with Crippen LogP contribution in [0.4, 0.5) is 5.69 Å². The predicted octanol–water partition coefficient (Wildman–Crippen LogP) is 7.60. The molecule has 3 aromatic rings. The van der Waals surface area contributed by atoms with Gasteiger partial charge in [0.1, 0.15) is 18.2 Å². The molecule has 38 heavy (non-hydrogen) atoms. The molecule has 0 spiro atoms. The van der Waals surface area contributed by atoms with Gasteiger partial charge in [0.05, 0.1) is 22.0 Å². The molecule has 7 heteroatoms. The minimum absolute atomic E-state index is 0.0569. The minimum Gasteiger partial charge on any atom is -0.488 e. The van der Waals surface area contributed by atoms with Gasteiger partial charge in [-0.15, -0.1) is 0 Å². The number of allylic oxidation sites excluding steroid dienone is 3. The minimum atomic E-state index is -0.533. The molecular weight excluding hydrogens is 562 g/mol. The van der Waals surface area contributed by atoms with Gasteiger partial charge < -0.3 is 10.5 Å². The van der Waals surface area contributed by atoms with Crippen LogP contribution in [0.2, 0.25) is 5.02 Å². The van der Waals surface area contributed by atoms with Gasteiger partial charge in [-0.3, -0.25) is 9.69 Å². The average Bonchev–Trinajstić information content (AvgIpc) is 2.89. The summed E-state index contributed by atoms with van der Waals surface area (Å²) in [7, 11) is 0. The maximum atomic E-state index is 13.5. The Morgan fingerprint density at radius 1 is 1.11 bits per heavy atom. The second-order valence-electron chi connectivity index (χ2n) is 9.65. The van der Waals surface area contributed by atoms with Crippen LogP contribution in [0.5, 0.6) is 5.75 Å². The van der Waals surface area contributed by atoms with Crippen LogP contribution in [-0.4, -0.2) is 5.78 Å². The van der Waals surface area contributed by atoms with Crippen molar-refractivity contribution in [3.05, 3.63) is 115 Å². The number of carbonyl (C=O) groups is 1. The number of nitrogens with two attached hydrogens (primary N) is 1. The molecule has 0 saturated carbocycles. The monoisotopic (exact) mass is 587 g/mol. The summed E-state index contributed by atoms with van der Waals surface area (Å²) in [5, 5.41) is 11.0. The predicted molar refractivity (Wildman–Crippen MR) is 154 cm³/mol. The molecule has 0 saturated heterocycles. The molecule has 5 nitrogen and oxygen atoms in total. The zero-order valence-corrected chi connectivity index (χ0v) is 23.6. The van der Waals surface area contributed by atoms with Crippen LogP contribution in [0.1, 0.15) is 47.4 Å². The summed E-state index contributed by atoms with van der Waals surface area (Å²) >= 11 is 9.67. The topological polar surface area (TPSA) is 79.4 Å². The maximum absolute atomic E-state index is 13.5. The third kappa shape index (κ3) is 4.73. The highest BCUT2D eigenvalue weighted by atomic mass is 79.9. The zero-order valence-electron chi connectivity index (χ0n) is 21.2. The van der Waals surface area contributed by atoms with E-state index in [9.17, 15) is 10.1 Å². The van der Waals surface area contributed by atoms with Gasteiger partial charge in [-0.1, -0.05) is 35.9 Å². The Hall–Kier alpha value is -3.53. The van der Waals surface area contributed by atoms with Gasteiger partial charge in [-0.2, -0.15) is 5.26 Å². The summed E-state index contributed by atoms with van der Waals surface area (Å²) in [6.45, 7) is 4.42. The summed E-state index contributed by atoms with van der Waals surface area (Å²) in [6, 6.07) is 21.5. The van der Waals surface area contributed by atoms with Crippen LogP contribution in [0.3, 0.4) is 0 Å². The number of benzene rings is 3. The molecule has 1 atom stereocenters. The molecule has 2 N–H and O–H groups in total. The number of para-hydroxylation sites is 1. The van der Waals surface area contributed by atoms with Crippen molar-refractivity contribution in [2.45, 2.75) is 45.6 Å². The van der Waals surface area contributed by atoms with Crippen molar-refractivity contribution in [1.82, 2.24) is 0 Å². The number of ether oxygens (including phenoxy) is 1. The van der Waals surface area contributed by atoms with Crippen LogP contribution in [0.15, 0.2) is 87.8 Å². The van der Waals surface area contributed by atoms with E-state index < -0.39 is 5.92 Å². The number of carbonyl (C=O) groups excluding carboxylic acids is 1. The van der Waals surface area contributed by atoms with Gasteiger partial charge in [0.2, 0.25) is 0 Å². The van der Waals surface area contributed by atoms with Crippen molar-refractivity contribution in [3.63, 3.8) is 0 Å². The summed E-state index contributed by atoms with van der Waals surface area (Å²) in [4.78, 5) is 15.4. The van der Waals surface area contributed by atoms with Crippen molar-refractivity contribution >= 4 is 39.0 Å². The molecule has 1 unspecified atom stereocenters. The van der Waals surface area contributed by atoms with E-state index in [1.165, 1.54) is 0 Å². The first kappa shape index (κ1) is 26.1. The lowest BCUT2D eigenvalue weighted by atomic mass is 9.74. The molecule has 0 aromatic heterocycles. The molecule has 2 aliphatic rings. The smallest absolute Gasteiger partial charge is 0.161 e. The molecule has 0 bridgehead atoms.